The smallest absolute Gasteiger partial charge is 0.822 e. The van der Waals surface area contributed by atoms with Gasteiger partial charge in [-0.3, -0.25) is 0 Å². The second-order valence-corrected chi connectivity index (χ2v) is 8.05. The van der Waals surface area contributed by atoms with E-state index in [1.165, 1.54) is 0 Å². The van der Waals surface area contributed by atoms with E-state index in [1.807, 2.05) is 0 Å². The molecular formula is Cu3O24P6Zr3. The molecule has 0 N–H and O–H groups in total. The summed E-state index contributed by atoms with van der Waals surface area (Å²) in [6.07, 6.45) is 0. The van der Waals surface area contributed by atoms with Crippen LogP contribution in [0.2, 0.25) is 0 Å². The van der Waals surface area contributed by atoms with Gasteiger partial charge in [0.25, 0.3) is 0 Å². The first kappa shape index (κ1) is 77.9. The van der Waals surface area contributed by atoms with E-state index in [0.717, 1.165) is 0 Å². The maximum Gasteiger partial charge on any atom is 4.00 e. The molecule has 0 atom stereocenters. The molecule has 0 amide bonds. The fraction of sp³-hybridized carbons (Fsp3) is 0. The second-order valence-electron chi connectivity index (χ2n) is 2.68. The van der Waals surface area contributed by atoms with E-state index in [4.69, 9.17) is 115 Å². The Morgan fingerprint density at radius 2 is 0.222 bits per heavy atom. The van der Waals surface area contributed by atoms with Crippen LogP contribution in [0, 0.1) is 0 Å². The van der Waals surface area contributed by atoms with Crippen molar-refractivity contribution in [2.24, 2.45) is 0 Å². The molecule has 0 unspecified atom stereocenters. The van der Waals surface area contributed by atoms with Crippen molar-refractivity contribution in [2.45, 2.75) is 0 Å². The number of hydrogen-bond acceptors (Lipinski definition) is 24. The van der Waals surface area contributed by atoms with E-state index in [2.05, 4.69) is 0 Å². The third kappa shape index (κ3) is 2350. The van der Waals surface area contributed by atoms with E-state index in [9.17, 15) is 0 Å². The van der Waals surface area contributed by atoms with Gasteiger partial charge in [-0.25, -0.2) is 0 Å². The zero-order valence-electron chi connectivity index (χ0n) is 14.9. The van der Waals surface area contributed by atoms with Crippen LogP contribution >= 0.6 is 46.9 Å². The maximum absolute atomic E-state index is 8.55. The van der Waals surface area contributed by atoms with Gasteiger partial charge in [0.2, 0.25) is 0 Å². The second kappa shape index (κ2) is 36.1. The minimum absolute atomic E-state index is 0. The van der Waals surface area contributed by atoms with Gasteiger partial charge < -0.3 is 115 Å². The van der Waals surface area contributed by atoms with Crippen LogP contribution in [0.3, 0.4) is 0 Å². The fourth-order valence-electron chi connectivity index (χ4n) is 0. The van der Waals surface area contributed by atoms with Gasteiger partial charge >= 0.3 is 130 Å². The van der Waals surface area contributed by atoms with Crippen LogP contribution in [0.15, 0.2) is 0 Å². The van der Waals surface area contributed by atoms with Crippen LogP contribution in [-0.2, 0) is 157 Å². The molecule has 3 radical (unpaired) electrons. The molecule has 0 heterocycles. The van der Waals surface area contributed by atoms with Crippen molar-refractivity contribution in [1.82, 2.24) is 0 Å². The molecule has 0 rings (SSSR count). The molecule has 0 aliphatic rings. The molecule has 36 heteroatoms. The zero-order valence-corrected chi connectivity index (χ0v) is 30.5. The van der Waals surface area contributed by atoms with E-state index in [1.54, 1.807) is 0 Å². The van der Waals surface area contributed by atoms with Crippen LogP contribution in [0.4, 0.5) is 0 Å². The standard InChI is InChI=1S/3Cu.6H3O4P.3Zr/c;;;6*1-5(2,3)4;;;/h;;;6*(H3,1,2,3,4);;;/q3*+2;;;;;;;3*+4/p-18. The van der Waals surface area contributed by atoms with Crippen molar-refractivity contribution >= 4 is 46.9 Å². The molecule has 0 aromatic rings. The Kier molecular flexibility index (Phi) is 78.1. The predicted molar refractivity (Wildman–Crippen MR) is 45.6 cm³/mol. The number of hydrogen-bond donors (Lipinski definition) is 0. The van der Waals surface area contributed by atoms with Crippen molar-refractivity contribution in [3.05, 3.63) is 0 Å². The summed E-state index contributed by atoms with van der Waals surface area (Å²) >= 11 is 0. The SMILES string of the molecule is O=P([O-])([O-])[O-].O=P([O-])([O-])[O-].O=P([O-])([O-])[O-].O=P([O-])([O-])[O-].O=P([O-])([O-])[O-].O=P([O-])([O-])[O-].[Cu+2].[Cu+2].[Cu+2].[Zr+4].[Zr+4].[Zr+4]. The summed E-state index contributed by atoms with van der Waals surface area (Å²) in [5.74, 6) is 0. The van der Waals surface area contributed by atoms with Gasteiger partial charge in [0.15, 0.2) is 0 Å². The quantitative estimate of drug-likeness (QED) is 0.161. The third-order valence-corrected chi connectivity index (χ3v) is 0. The Bertz CT molecular complexity index is 483. The molecule has 0 spiro atoms. The molecule has 0 aromatic heterocycles. The van der Waals surface area contributed by atoms with Gasteiger partial charge in [-0.1, -0.05) is 0 Å². The summed E-state index contributed by atoms with van der Waals surface area (Å²) < 4.78 is 51.3. The summed E-state index contributed by atoms with van der Waals surface area (Å²) in [6, 6.07) is 0. The predicted octanol–water partition coefficient (Wildman–Crippen LogP) is -17.0. The summed E-state index contributed by atoms with van der Waals surface area (Å²) in [5, 5.41) is 0. The van der Waals surface area contributed by atoms with Crippen LogP contribution < -0.4 is 88.1 Å². The van der Waals surface area contributed by atoms with E-state index < -0.39 is 46.9 Å². The Labute approximate surface area is 289 Å². The first-order chi connectivity index (χ1) is 12.0. The van der Waals surface area contributed by atoms with Crippen molar-refractivity contribution in [2.75, 3.05) is 0 Å². The van der Waals surface area contributed by atoms with Gasteiger partial charge in [0.1, 0.15) is 0 Å². The molecular weight excluding hydrogens is 1030 g/mol. The molecule has 0 aliphatic carbocycles. The summed E-state index contributed by atoms with van der Waals surface area (Å²) in [4.78, 5) is 154. The molecule has 0 bridgehead atoms. The molecule has 219 valence electrons. The van der Waals surface area contributed by atoms with Crippen LogP contribution in [0.5, 0.6) is 0 Å². The average Bonchev–Trinajstić information content (AvgIpc) is 1.94. The molecule has 0 aromatic carbocycles. The zero-order chi connectivity index (χ0) is 27.0. The van der Waals surface area contributed by atoms with Crippen molar-refractivity contribution in [3.63, 3.8) is 0 Å². The van der Waals surface area contributed by atoms with Crippen LogP contribution in [-0.4, -0.2) is 0 Å². The maximum atomic E-state index is 8.55. The fourth-order valence-corrected chi connectivity index (χ4v) is 0. The van der Waals surface area contributed by atoms with E-state index in [-0.39, 0.29) is 130 Å². The number of rotatable bonds is 0. The molecule has 0 saturated carbocycles. The van der Waals surface area contributed by atoms with Gasteiger partial charge in [-0.2, -0.15) is 46.9 Å². The van der Waals surface area contributed by atoms with Crippen LogP contribution in [0.1, 0.15) is 0 Å². The Morgan fingerprint density at radius 3 is 0.222 bits per heavy atom. The Morgan fingerprint density at radius 1 is 0.222 bits per heavy atom. The van der Waals surface area contributed by atoms with Crippen molar-refractivity contribution < 1.29 is 245 Å². The molecule has 24 nitrogen and oxygen atoms in total. The molecule has 36 heavy (non-hydrogen) atoms. The minimum atomic E-state index is -5.39. The summed E-state index contributed by atoms with van der Waals surface area (Å²) in [6.45, 7) is 0. The van der Waals surface area contributed by atoms with E-state index in [0.29, 0.717) is 0 Å². The first-order valence-corrected chi connectivity index (χ1v) is 13.1. The third-order valence-electron chi connectivity index (χ3n) is 0. The van der Waals surface area contributed by atoms with Crippen molar-refractivity contribution in [3.8, 4) is 0 Å². The largest absolute Gasteiger partial charge is 4.00 e. The summed E-state index contributed by atoms with van der Waals surface area (Å²) in [7, 11) is -32.3. The van der Waals surface area contributed by atoms with Gasteiger partial charge in [-0.15, -0.1) is 0 Å². The monoisotopic (exact) mass is 1030 g/mol. The van der Waals surface area contributed by atoms with Gasteiger partial charge in [0, 0.05) is 0 Å². The van der Waals surface area contributed by atoms with Crippen LogP contribution in [0.25, 0.3) is 0 Å². The van der Waals surface area contributed by atoms with Crippen molar-refractivity contribution in [1.29, 1.82) is 0 Å². The Hall–Kier alpha value is 4.87. The van der Waals surface area contributed by atoms with Gasteiger partial charge in [-0.05, 0) is 0 Å². The normalized spacial score (nSPS) is 9.83. The van der Waals surface area contributed by atoms with Gasteiger partial charge in [0.05, 0.1) is 0 Å². The molecule has 0 saturated heterocycles. The average molecular weight is 1030 g/mol. The first-order valence-electron chi connectivity index (χ1n) is 4.38. The molecule has 0 fully saturated rings. The van der Waals surface area contributed by atoms with E-state index >= 15 is 0 Å². The topological polar surface area (TPSA) is 518 Å². The molecule has 0 aliphatic heterocycles. The summed E-state index contributed by atoms with van der Waals surface area (Å²) in [5.41, 5.74) is 0. The number of phosphoric acid groups is 6. The Balaban J connectivity index is -0.0000000186. The minimum Gasteiger partial charge on any atom is -0.822 e.